The van der Waals surface area contributed by atoms with Gasteiger partial charge in [0, 0.05) is 17.0 Å². The van der Waals surface area contributed by atoms with Crippen LogP contribution >= 0.6 is 11.6 Å². The predicted molar refractivity (Wildman–Crippen MR) is 73.9 cm³/mol. The van der Waals surface area contributed by atoms with Crippen molar-refractivity contribution in [3.8, 4) is 0 Å². The zero-order valence-electron chi connectivity index (χ0n) is 10.1. The highest BCUT2D eigenvalue weighted by atomic mass is 35.5. The van der Waals surface area contributed by atoms with E-state index in [1.54, 1.807) is 36.4 Å². The second-order valence-corrected chi connectivity index (χ2v) is 4.88. The van der Waals surface area contributed by atoms with Gasteiger partial charge in [-0.25, -0.2) is 0 Å². The molecule has 2 nitrogen and oxygen atoms in total. The lowest BCUT2D eigenvalue weighted by Gasteiger charge is -2.23. The number of hydrogen-bond acceptors (Lipinski definition) is 2. The Kier molecular flexibility index (Phi) is 2.76. The smallest absolute Gasteiger partial charge is 0.183 e. The number of Topliss-reactive ketones (excluding diaryl/α,β-unsaturated/α-hetero) is 2. The number of benzene rings is 2. The number of carbonyl (C=O) groups is 2. The van der Waals surface area contributed by atoms with Gasteiger partial charge in [-0.1, -0.05) is 54.6 Å². The minimum atomic E-state index is -1.26. The Labute approximate surface area is 116 Å². The molecule has 0 saturated heterocycles. The van der Waals surface area contributed by atoms with Crippen molar-refractivity contribution >= 4 is 23.2 Å². The summed E-state index contributed by atoms with van der Waals surface area (Å²) in [5, 5.41) is 0. The van der Waals surface area contributed by atoms with Crippen molar-refractivity contribution in [2.24, 2.45) is 0 Å². The van der Waals surface area contributed by atoms with E-state index in [1.807, 2.05) is 18.2 Å². The Bertz CT molecular complexity index is 626. The van der Waals surface area contributed by atoms with Crippen LogP contribution in [0.15, 0.2) is 54.6 Å². The molecule has 2 aromatic rings. The molecule has 0 unspecified atom stereocenters. The van der Waals surface area contributed by atoms with E-state index in [9.17, 15) is 9.59 Å². The summed E-state index contributed by atoms with van der Waals surface area (Å²) in [4.78, 5) is 25.3. The lowest BCUT2D eigenvalue weighted by molar-refractivity contribution is 0.0814. The summed E-state index contributed by atoms with van der Waals surface area (Å²) >= 11 is 6.04. The Morgan fingerprint density at radius 2 is 1.26 bits per heavy atom. The first-order valence-corrected chi connectivity index (χ1v) is 6.55. The van der Waals surface area contributed by atoms with Crippen LogP contribution < -0.4 is 0 Å². The van der Waals surface area contributed by atoms with E-state index in [-0.39, 0.29) is 17.4 Å². The highest BCUT2D eigenvalue weighted by molar-refractivity contribution is 6.37. The maximum Gasteiger partial charge on any atom is 0.183 e. The number of ketones is 2. The molecule has 2 aromatic carbocycles. The van der Waals surface area contributed by atoms with Crippen molar-refractivity contribution in [3.63, 3.8) is 0 Å². The van der Waals surface area contributed by atoms with Crippen molar-refractivity contribution in [1.29, 1.82) is 0 Å². The second-order valence-electron chi connectivity index (χ2n) is 4.61. The number of carbonyl (C=O) groups excluding carboxylic acids is 2. The first-order valence-electron chi connectivity index (χ1n) is 6.02. The SMILES string of the molecule is O=C1c2ccccc2C(=O)C1(CCl)c1ccccc1. The van der Waals surface area contributed by atoms with Crippen LogP contribution in [0.1, 0.15) is 26.3 Å². The van der Waals surface area contributed by atoms with Gasteiger partial charge in [-0.05, 0) is 5.56 Å². The number of rotatable bonds is 2. The molecular weight excluding hydrogens is 260 g/mol. The fourth-order valence-electron chi connectivity index (χ4n) is 2.63. The topological polar surface area (TPSA) is 34.1 Å². The summed E-state index contributed by atoms with van der Waals surface area (Å²) in [5.41, 5.74) is 0.345. The van der Waals surface area contributed by atoms with Crippen LogP contribution in [0.2, 0.25) is 0 Å². The maximum absolute atomic E-state index is 12.7. The standard InChI is InChI=1S/C16H11ClO2/c17-10-16(11-6-2-1-3-7-11)14(18)12-8-4-5-9-13(12)15(16)19/h1-9H,10H2. The molecule has 0 radical (unpaired) electrons. The predicted octanol–water partition coefficient (Wildman–Crippen LogP) is 3.24. The van der Waals surface area contributed by atoms with Crippen molar-refractivity contribution in [2.45, 2.75) is 5.41 Å². The summed E-state index contributed by atoms with van der Waals surface area (Å²) in [6.07, 6.45) is 0. The molecule has 0 aromatic heterocycles. The van der Waals surface area contributed by atoms with Gasteiger partial charge in [0.15, 0.2) is 11.6 Å². The van der Waals surface area contributed by atoms with Gasteiger partial charge in [0.05, 0.1) is 0 Å². The van der Waals surface area contributed by atoms with Gasteiger partial charge in [0.25, 0.3) is 0 Å². The quantitative estimate of drug-likeness (QED) is 0.620. The molecule has 0 N–H and O–H groups in total. The average Bonchev–Trinajstić information content (AvgIpc) is 2.70. The van der Waals surface area contributed by atoms with E-state index >= 15 is 0 Å². The lowest BCUT2D eigenvalue weighted by atomic mass is 9.78. The van der Waals surface area contributed by atoms with Gasteiger partial charge in [0.2, 0.25) is 0 Å². The van der Waals surface area contributed by atoms with Gasteiger partial charge < -0.3 is 0 Å². The fraction of sp³-hybridized carbons (Fsp3) is 0.125. The van der Waals surface area contributed by atoms with Gasteiger partial charge in [-0.3, -0.25) is 9.59 Å². The first kappa shape index (κ1) is 12.1. The molecule has 0 saturated carbocycles. The molecule has 94 valence electrons. The average molecular weight is 271 g/mol. The van der Waals surface area contributed by atoms with E-state index in [4.69, 9.17) is 11.6 Å². The number of halogens is 1. The summed E-state index contributed by atoms with van der Waals surface area (Å²) in [5.74, 6) is -0.438. The van der Waals surface area contributed by atoms with Crippen molar-refractivity contribution in [3.05, 3.63) is 71.3 Å². The molecule has 1 aliphatic rings. The van der Waals surface area contributed by atoms with Gasteiger partial charge in [-0.2, -0.15) is 0 Å². The third-order valence-electron chi connectivity index (χ3n) is 3.66. The van der Waals surface area contributed by atoms with Crippen LogP contribution in [0.5, 0.6) is 0 Å². The van der Waals surface area contributed by atoms with E-state index in [0.29, 0.717) is 16.7 Å². The van der Waals surface area contributed by atoms with Gasteiger partial charge >= 0.3 is 0 Å². The zero-order chi connectivity index (χ0) is 13.5. The van der Waals surface area contributed by atoms with E-state index < -0.39 is 5.41 Å². The minimum Gasteiger partial charge on any atom is -0.293 e. The molecule has 0 fully saturated rings. The van der Waals surface area contributed by atoms with Crippen LogP contribution in [0.25, 0.3) is 0 Å². The van der Waals surface area contributed by atoms with Crippen LogP contribution in [0.4, 0.5) is 0 Å². The molecule has 0 atom stereocenters. The maximum atomic E-state index is 12.7. The van der Waals surface area contributed by atoms with E-state index in [0.717, 1.165) is 0 Å². The molecule has 3 rings (SSSR count). The van der Waals surface area contributed by atoms with Crippen LogP contribution in [-0.2, 0) is 5.41 Å². The lowest BCUT2D eigenvalue weighted by Crippen LogP contribution is -2.40. The third kappa shape index (κ3) is 1.50. The minimum absolute atomic E-state index is 0.0383. The molecule has 0 heterocycles. The number of hydrogen-bond donors (Lipinski definition) is 0. The van der Waals surface area contributed by atoms with Crippen molar-refractivity contribution in [1.82, 2.24) is 0 Å². The molecule has 0 amide bonds. The molecule has 0 spiro atoms. The Balaban J connectivity index is 2.26. The third-order valence-corrected chi connectivity index (χ3v) is 4.06. The van der Waals surface area contributed by atoms with Crippen LogP contribution in [-0.4, -0.2) is 17.4 Å². The number of alkyl halides is 1. The monoisotopic (exact) mass is 270 g/mol. The van der Waals surface area contributed by atoms with Gasteiger partial charge in [0.1, 0.15) is 5.41 Å². The highest BCUT2D eigenvalue weighted by Crippen LogP contribution is 2.40. The first-order chi connectivity index (χ1) is 9.21. The summed E-state index contributed by atoms with van der Waals surface area (Å²) in [6.45, 7) is 0. The van der Waals surface area contributed by atoms with E-state index in [1.165, 1.54) is 0 Å². The van der Waals surface area contributed by atoms with Crippen LogP contribution in [0, 0.1) is 0 Å². The molecule has 0 bridgehead atoms. The van der Waals surface area contributed by atoms with Crippen LogP contribution in [0.3, 0.4) is 0 Å². The molecule has 1 aliphatic carbocycles. The number of fused-ring (bicyclic) bond motifs is 1. The Morgan fingerprint density at radius 3 is 1.74 bits per heavy atom. The van der Waals surface area contributed by atoms with E-state index in [2.05, 4.69) is 0 Å². The Hall–Kier alpha value is -1.93. The molecule has 19 heavy (non-hydrogen) atoms. The Morgan fingerprint density at radius 1 is 0.789 bits per heavy atom. The summed E-state index contributed by atoms with van der Waals surface area (Å²) in [7, 11) is 0. The van der Waals surface area contributed by atoms with Gasteiger partial charge in [-0.15, -0.1) is 11.6 Å². The summed E-state index contributed by atoms with van der Waals surface area (Å²) < 4.78 is 0. The highest BCUT2D eigenvalue weighted by Gasteiger charge is 2.53. The molecule has 0 aliphatic heterocycles. The van der Waals surface area contributed by atoms with Crippen molar-refractivity contribution in [2.75, 3.05) is 5.88 Å². The zero-order valence-corrected chi connectivity index (χ0v) is 10.9. The molecular formula is C16H11ClO2. The van der Waals surface area contributed by atoms with Crippen molar-refractivity contribution < 1.29 is 9.59 Å². The fourth-order valence-corrected chi connectivity index (χ4v) is 3.02. The normalized spacial score (nSPS) is 16.5. The molecule has 3 heteroatoms. The largest absolute Gasteiger partial charge is 0.293 e. The second kappa shape index (κ2) is 4.32. The summed E-state index contributed by atoms with van der Waals surface area (Å²) in [6, 6.07) is 15.9.